The molecule has 0 spiro atoms. The highest BCUT2D eigenvalue weighted by atomic mass is 16.3. The molecule has 140 valence electrons. The minimum Gasteiger partial charge on any atom is -0.393 e. The zero-order chi connectivity index (χ0) is 19.0. The van der Waals surface area contributed by atoms with Gasteiger partial charge in [0.1, 0.15) is 5.60 Å². The van der Waals surface area contributed by atoms with E-state index in [0.717, 1.165) is 34.3 Å². The van der Waals surface area contributed by atoms with E-state index < -0.39 is 5.60 Å². The van der Waals surface area contributed by atoms with Crippen molar-refractivity contribution >= 4 is 10.9 Å². The van der Waals surface area contributed by atoms with Crippen molar-refractivity contribution in [3.63, 3.8) is 0 Å². The van der Waals surface area contributed by atoms with Gasteiger partial charge in [-0.15, -0.1) is 0 Å². The monoisotopic (exact) mass is 362 g/mol. The fraction of sp³-hybridized carbons (Fsp3) is 0.348. The molecule has 3 aromatic rings. The summed E-state index contributed by atoms with van der Waals surface area (Å²) in [5.41, 5.74) is 5.69. The first-order chi connectivity index (χ1) is 13.0. The first-order valence-corrected chi connectivity index (χ1v) is 9.49. The molecule has 1 atom stereocenters. The Labute approximate surface area is 160 Å². The van der Waals surface area contributed by atoms with Crippen molar-refractivity contribution in [3.05, 3.63) is 65.2 Å². The second kappa shape index (κ2) is 7.04. The average molecular weight is 362 g/mol. The highest BCUT2D eigenvalue weighted by Crippen LogP contribution is 2.30. The second-order valence-electron chi connectivity index (χ2n) is 7.90. The third kappa shape index (κ3) is 3.74. The molecule has 0 saturated carbocycles. The normalized spacial score (nSPS) is 20.4. The summed E-state index contributed by atoms with van der Waals surface area (Å²) in [6.07, 6.45) is 0.601. The maximum atomic E-state index is 10.4. The Kier molecular flexibility index (Phi) is 4.72. The van der Waals surface area contributed by atoms with E-state index in [0.29, 0.717) is 19.5 Å². The third-order valence-electron chi connectivity index (χ3n) is 5.44. The van der Waals surface area contributed by atoms with Crippen LogP contribution in [0.25, 0.3) is 22.2 Å². The summed E-state index contributed by atoms with van der Waals surface area (Å²) < 4.78 is 0. The fourth-order valence-corrected chi connectivity index (χ4v) is 3.93. The molecule has 2 N–H and O–H groups in total. The van der Waals surface area contributed by atoms with Crippen LogP contribution in [-0.4, -0.2) is 45.4 Å². The molecule has 0 unspecified atom stereocenters. The molecule has 1 fully saturated rings. The van der Waals surface area contributed by atoms with Crippen molar-refractivity contribution in [3.8, 4) is 11.3 Å². The number of aryl methyl sites for hydroxylation is 2. The number of aliphatic hydroxyl groups is 2. The Bertz CT molecular complexity index is 985. The van der Waals surface area contributed by atoms with Crippen molar-refractivity contribution in [1.82, 2.24) is 9.88 Å². The van der Waals surface area contributed by atoms with Gasteiger partial charge in [-0.25, -0.2) is 4.98 Å². The van der Waals surface area contributed by atoms with Gasteiger partial charge in [0.25, 0.3) is 0 Å². The molecular weight excluding hydrogens is 336 g/mol. The van der Waals surface area contributed by atoms with Crippen LogP contribution >= 0.6 is 0 Å². The summed E-state index contributed by atoms with van der Waals surface area (Å²) in [5.74, 6) is 0. The minimum absolute atomic E-state index is 0.191. The van der Waals surface area contributed by atoms with E-state index in [-0.39, 0.29) is 6.61 Å². The van der Waals surface area contributed by atoms with Gasteiger partial charge in [-0.1, -0.05) is 35.9 Å². The largest absolute Gasteiger partial charge is 0.393 e. The molecule has 4 nitrogen and oxygen atoms in total. The van der Waals surface area contributed by atoms with Gasteiger partial charge < -0.3 is 10.2 Å². The molecule has 0 aliphatic carbocycles. The SMILES string of the molecule is Cc1cccc(-c2nc3cc(C)ccc3cc2CN2CC[C@@](O)(CO)C2)c1. The number of aromatic nitrogens is 1. The Balaban J connectivity index is 1.78. The van der Waals surface area contributed by atoms with Crippen LogP contribution in [0.2, 0.25) is 0 Å². The quantitative estimate of drug-likeness (QED) is 0.746. The Hall–Kier alpha value is -2.27. The Morgan fingerprint density at radius 1 is 1.07 bits per heavy atom. The Morgan fingerprint density at radius 2 is 1.89 bits per heavy atom. The Morgan fingerprint density at radius 3 is 2.63 bits per heavy atom. The van der Waals surface area contributed by atoms with E-state index in [9.17, 15) is 10.2 Å². The first-order valence-electron chi connectivity index (χ1n) is 9.49. The van der Waals surface area contributed by atoms with Gasteiger partial charge in [0, 0.05) is 30.6 Å². The van der Waals surface area contributed by atoms with Gasteiger partial charge >= 0.3 is 0 Å². The maximum Gasteiger partial charge on any atom is 0.102 e. The highest BCUT2D eigenvalue weighted by molar-refractivity contribution is 5.84. The van der Waals surface area contributed by atoms with Gasteiger partial charge in [0.2, 0.25) is 0 Å². The van der Waals surface area contributed by atoms with E-state index in [1.165, 1.54) is 11.1 Å². The van der Waals surface area contributed by atoms with E-state index in [1.54, 1.807) is 0 Å². The molecule has 1 saturated heterocycles. The molecule has 1 aliphatic rings. The molecular formula is C23H26N2O2. The zero-order valence-corrected chi connectivity index (χ0v) is 15.9. The van der Waals surface area contributed by atoms with Crippen molar-refractivity contribution in [2.24, 2.45) is 0 Å². The summed E-state index contributed by atoms with van der Waals surface area (Å²) in [7, 11) is 0. The summed E-state index contributed by atoms with van der Waals surface area (Å²) in [6.45, 7) is 5.96. The van der Waals surface area contributed by atoms with Crippen molar-refractivity contribution < 1.29 is 10.2 Å². The number of β-amino-alcohol motifs (C(OH)–C–C–N with tert-alkyl or cyclic N) is 1. The van der Waals surface area contributed by atoms with Crippen molar-refractivity contribution in [2.75, 3.05) is 19.7 Å². The standard InChI is InChI=1S/C23H26N2O2/c1-16-4-3-5-19(10-16)22-20(13-25-9-8-23(27,14-25)15-26)12-18-7-6-17(2)11-21(18)24-22/h3-7,10-12,26-27H,8-9,13-15H2,1-2H3/t23-/m0/s1. The summed E-state index contributed by atoms with van der Waals surface area (Å²) >= 11 is 0. The number of hydrogen-bond donors (Lipinski definition) is 2. The van der Waals surface area contributed by atoms with Crippen molar-refractivity contribution in [2.45, 2.75) is 32.4 Å². The van der Waals surface area contributed by atoms with E-state index in [2.05, 4.69) is 67.3 Å². The molecule has 1 aromatic heterocycles. The van der Waals surface area contributed by atoms with Crippen molar-refractivity contribution in [1.29, 1.82) is 0 Å². The molecule has 4 heteroatoms. The first kappa shape index (κ1) is 18.1. The van der Waals surface area contributed by atoms with Crippen LogP contribution in [0.5, 0.6) is 0 Å². The molecule has 27 heavy (non-hydrogen) atoms. The number of hydrogen-bond acceptors (Lipinski definition) is 4. The van der Waals surface area contributed by atoms with Crippen LogP contribution in [0.15, 0.2) is 48.5 Å². The number of benzene rings is 2. The molecule has 2 aromatic carbocycles. The number of pyridine rings is 1. The number of aliphatic hydroxyl groups excluding tert-OH is 1. The zero-order valence-electron chi connectivity index (χ0n) is 15.9. The summed E-state index contributed by atoms with van der Waals surface area (Å²) in [5, 5.41) is 20.9. The smallest absolute Gasteiger partial charge is 0.102 e. The number of likely N-dealkylation sites (tertiary alicyclic amines) is 1. The highest BCUT2D eigenvalue weighted by Gasteiger charge is 2.35. The fourth-order valence-electron chi connectivity index (χ4n) is 3.93. The lowest BCUT2D eigenvalue weighted by atomic mass is 10.0. The van der Waals surface area contributed by atoms with Gasteiger partial charge in [-0.05, 0) is 49.6 Å². The van der Waals surface area contributed by atoms with Gasteiger partial charge in [0.05, 0.1) is 17.8 Å². The lowest BCUT2D eigenvalue weighted by Gasteiger charge is -2.22. The molecule has 0 bridgehead atoms. The van der Waals surface area contributed by atoms with E-state index >= 15 is 0 Å². The molecule has 0 amide bonds. The number of nitrogens with zero attached hydrogens (tertiary/aromatic N) is 2. The van der Waals surface area contributed by atoms with Gasteiger partial charge in [0.15, 0.2) is 0 Å². The van der Waals surface area contributed by atoms with Gasteiger partial charge in [-0.2, -0.15) is 0 Å². The molecule has 1 aliphatic heterocycles. The predicted molar refractivity (Wildman–Crippen MR) is 109 cm³/mol. The van der Waals surface area contributed by atoms with Crippen LogP contribution in [0.4, 0.5) is 0 Å². The minimum atomic E-state index is -0.981. The molecule has 4 rings (SSSR count). The van der Waals surface area contributed by atoms with Crippen LogP contribution in [-0.2, 0) is 6.54 Å². The summed E-state index contributed by atoms with van der Waals surface area (Å²) in [4.78, 5) is 7.21. The lowest BCUT2D eigenvalue weighted by molar-refractivity contribution is -0.00579. The average Bonchev–Trinajstić information content (AvgIpc) is 3.03. The second-order valence-corrected chi connectivity index (χ2v) is 7.90. The van der Waals surface area contributed by atoms with E-state index in [1.807, 2.05) is 0 Å². The molecule has 2 heterocycles. The topological polar surface area (TPSA) is 56.6 Å². The van der Waals surface area contributed by atoms with Crippen LogP contribution in [0.3, 0.4) is 0 Å². The van der Waals surface area contributed by atoms with Gasteiger partial charge in [-0.3, -0.25) is 4.90 Å². The van der Waals surface area contributed by atoms with Crippen LogP contribution in [0.1, 0.15) is 23.1 Å². The number of fused-ring (bicyclic) bond motifs is 1. The van der Waals surface area contributed by atoms with Crippen LogP contribution < -0.4 is 0 Å². The lowest BCUT2D eigenvalue weighted by Crippen LogP contribution is -2.36. The third-order valence-corrected chi connectivity index (χ3v) is 5.44. The molecule has 0 radical (unpaired) electrons. The number of rotatable bonds is 4. The van der Waals surface area contributed by atoms with E-state index in [4.69, 9.17) is 4.98 Å². The van der Waals surface area contributed by atoms with Crippen LogP contribution in [0, 0.1) is 13.8 Å². The predicted octanol–water partition coefficient (Wildman–Crippen LogP) is 3.45. The summed E-state index contributed by atoms with van der Waals surface area (Å²) in [6, 6.07) is 17.0. The maximum absolute atomic E-state index is 10.4.